The van der Waals surface area contributed by atoms with Crippen LogP contribution in [-0.2, 0) is 0 Å². The molecule has 3 aliphatic rings. The van der Waals surface area contributed by atoms with Gasteiger partial charge in [-0.2, -0.15) is 0 Å². The van der Waals surface area contributed by atoms with Crippen LogP contribution in [0.3, 0.4) is 0 Å². The van der Waals surface area contributed by atoms with Crippen LogP contribution in [0, 0.1) is 0 Å². The lowest BCUT2D eigenvalue weighted by Crippen LogP contribution is -2.58. The topological polar surface area (TPSA) is 52.8 Å². The molecule has 0 aromatic carbocycles. The molecule has 3 fully saturated rings. The van der Waals surface area contributed by atoms with Gasteiger partial charge in [0, 0.05) is 43.7 Å². The quantitative estimate of drug-likeness (QED) is 0.845. The number of carbonyl (C=O) groups excluding carboxylic acids is 1. The Kier molecular flexibility index (Phi) is 4.35. The lowest BCUT2D eigenvalue weighted by atomic mass is 10.00. The molecule has 3 heterocycles. The molecule has 24 heavy (non-hydrogen) atoms. The smallest absolute Gasteiger partial charge is 0.276 e. The lowest BCUT2D eigenvalue weighted by Gasteiger charge is -2.46. The van der Waals surface area contributed by atoms with Gasteiger partial charge in [-0.3, -0.25) is 9.69 Å². The van der Waals surface area contributed by atoms with Crippen molar-refractivity contribution in [3.63, 3.8) is 0 Å². The molecular weight excluding hydrogens is 304 g/mol. The Labute approximate surface area is 143 Å². The zero-order chi connectivity index (χ0) is 16.7. The van der Waals surface area contributed by atoms with E-state index in [1.807, 2.05) is 11.0 Å². The van der Waals surface area contributed by atoms with E-state index in [0.29, 0.717) is 23.7 Å². The zero-order valence-electron chi connectivity index (χ0n) is 14.8. The molecule has 1 amide bonds. The summed E-state index contributed by atoms with van der Waals surface area (Å²) < 4.78 is 5.34. The van der Waals surface area contributed by atoms with Crippen molar-refractivity contribution in [1.82, 2.24) is 19.9 Å². The van der Waals surface area contributed by atoms with Gasteiger partial charge in [0.1, 0.15) is 5.76 Å². The number of hydrogen-bond acceptors (Lipinski definition) is 5. The molecule has 6 nitrogen and oxygen atoms in total. The fraction of sp³-hybridized carbons (Fsp3) is 0.778. The Morgan fingerprint density at radius 2 is 1.92 bits per heavy atom. The van der Waals surface area contributed by atoms with Crippen molar-refractivity contribution in [2.24, 2.45) is 0 Å². The molecule has 2 aliphatic heterocycles. The lowest BCUT2D eigenvalue weighted by molar-refractivity contribution is 0.0223. The average Bonchev–Trinajstić information content (AvgIpc) is 3.32. The Hall–Kier alpha value is -1.40. The van der Waals surface area contributed by atoms with Crippen LogP contribution in [0.4, 0.5) is 0 Å². The maximum absolute atomic E-state index is 12.7. The number of rotatable bonds is 3. The third-order valence-electron chi connectivity index (χ3n) is 5.85. The summed E-state index contributed by atoms with van der Waals surface area (Å²) in [6, 6.07) is 2.93. The molecule has 4 rings (SSSR count). The normalized spacial score (nSPS) is 27.6. The van der Waals surface area contributed by atoms with Crippen LogP contribution < -0.4 is 0 Å². The predicted octanol–water partition coefficient (Wildman–Crippen LogP) is 1.79. The number of likely N-dealkylation sites (tertiary alicyclic amines) is 1. The minimum absolute atomic E-state index is 0.0283. The second-order valence-electron chi connectivity index (χ2n) is 7.76. The maximum atomic E-state index is 12.7. The van der Waals surface area contributed by atoms with Crippen molar-refractivity contribution in [2.75, 3.05) is 39.8 Å². The van der Waals surface area contributed by atoms with Gasteiger partial charge in [-0.05, 0) is 52.7 Å². The van der Waals surface area contributed by atoms with Crippen LogP contribution >= 0.6 is 0 Å². The Morgan fingerprint density at radius 1 is 1.17 bits per heavy atom. The van der Waals surface area contributed by atoms with Crippen LogP contribution in [0.5, 0.6) is 0 Å². The highest BCUT2D eigenvalue weighted by Gasteiger charge is 2.34. The fourth-order valence-corrected chi connectivity index (χ4v) is 4.14. The second kappa shape index (κ2) is 6.48. The van der Waals surface area contributed by atoms with Crippen molar-refractivity contribution in [3.05, 3.63) is 17.5 Å². The van der Waals surface area contributed by atoms with E-state index in [1.54, 1.807) is 0 Å². The van der Waals surface area contributed by atoms with Crippen LogP contribution in [0.2, 0.25) is 0 Å². The first-order valence-corrected chi connectivity index (χ1v) is 9.32. The first-order chi connectivity index (χ1) is 11.6. The average molecular weight is 332 g/mol. The summed E-state index contributed by atoms with van der Waals surface area (Å²) in [6.07, 6.45) is 4.80. The Bertz CT molecular complexity index is 590. The summed E-state index contributed by atoms with van der Waals surface area (Å²) in [7, 11) is 2.20. The summed E-state index contributed by atoms with van der Waals surface area (Å²) >= 11 is 0. The van der Waals surface area contributed by atoms with Crippen LogP contribution in [0.25, 0.3) is 0 Å². The van der Waals surface area contributed by atoms with Crippen molar-refractivity contribution in [3.8, 4) is 0 Å². The second-order valence-corrected chi connectivity index (χ2v) is 7.76. The number of piperazine rings is 1. The molecule has 2 saturated heterocycles. The van der Waals surface area contributed by atoms with Crippen molar-refractivity contribution in [2.45, 2.75) is 50.6 Å². The van der Waals surface area contributed by atoms with E-state index in [1.165, 1.54) is 25.9 Å². The molecule has 0 spiro atoms. The molecule has 1 aromatic rings. The minimum Gasteiger partial charge on any atom is -0.360 e. The van der Waals surface area contributed by atoms with Crippen LogP contribution in [0.1, 0.15) is 54.8 Å². The van der Waals surface area contributed by atoms with Crippen molar-refractivity contribution in [1.29, 1.82) is 0 Å². The highest BCUT2D eigenvalue weighted by molar-refractivity contribution is 5.92. The summed E-state index contributed by atoms with van der Waals surface area (Å²) in [5.41, 5.74) is 0.483. The zero-order valence-corrected chi connectivity index (χ0v) is 14.8. The highest BCUT2D eigenvalue weighted by atomic mass is 16.5. The van der Waals surface area contributed by atoms with Gasteiger partial charge < -0.3 is 14.3 Å². The van der Waals surface area contributed by atoms with E-state index < -0.39 is 0 Å². The largest absolute Gasteiger partial charge is 0.360 e. The molecule has 0 unspecified atom stereocenters. The summed E-state index contributed by atoms with van der Waals surface area (Å²) in [4.78, 5) is 19.7. The Balaban J connectivity index is 1.35. The third kappa shape index (κ3) is 3.22. The van der Waals surface area contributed by atoms with Gasteiger partial charge in [0.25, 0.3) is 5.91 Å². The van der Waals surface area contributed by atoms with E-state index in [2.05, 4.69) is 28.9 Å². The summed E-state index contributed by atoms with van der Waals surface area (Å²) in [6.45, 7) is 7.15. The van der Waals surface area contributed by atoms with Gasteiger partial charge >= 0.3 is 0 Å². The number of hydrogen-bond donors (Lipinski definition) is 0. The SMILES string of the molecule is C[C@@H]1CN(C(=O)c2cc(C3CC3)on2)CCN1C1CCN(C)CC1. The molecular formula is C18H28N4O2. The van der Waals surface area contributed by atoms with Crippen molar-refractivity contribution >= 4 is 5.91 Å². The van der Waals surface area contributed by atoms with Gasteiger partial charge in [-0.25, -0.2) is 0 Å². The van der Waals surface area contributed by atoms with Crippen LogP contribution in [0.15, 0.2) is 10.6 Å². The van der Waals surface area contributed by atoms with E-state index in [-0.39, 0.29) is 5.91 Å². The van der Waals surface area contributed by atoms with Gasteiger partial charge in [0.15, 0.2) is 5.69 Å². The van der Waals surface area contributed by atoms with Gasteiger partial charge in [-0.15, -0.1) is 0 Å². The van der Waals surface area contributed by atoms with Gasteiger partial charge in [0.2, 0.25) is 0 Å². The predicted molar refractivity (Wildman–Crippen MR) is 91.1 cm³/mol. The molecule has 1 atom stereocenters. The van der Waals surface area contributed by atoms with E-state index >= 15 is 0 Å². The molecule has 132 valence electrons. The molecule has 0 radical (unpaired) electrons. The number of carbonyl (C=O) groups is 1. The van der Waals surface area contributed by atoms with E-state index in [0.717, 1.165) is 38.2 Å². The number of nitrogens with zero attached hydrogens (tertiary/aromatic N) is 4. The van der Waals surface area contributed by atoms with Crippen molar-refractivity contribution < 1.29 is 9.32 Å². The maximum Gasteiger partial charge on any atom is 0.276 e. The third-order valence-corrected chi connectivity index (χ3v) is 5.85. The van der Waals surface area contributed by atoms with Gasteiger partial charge in [0.05, 0.1) is 0 Å². The molecule has 1 aliphatic carbocycles. The summed E-state index contributed by atoms with van der Waals surface area (Å²) in [5.74, 6) is 1.41. The Morgan fingerprint density at radius 3 is 2.58 bits per heavy atom. The number of amides is 1. The number of aromatic nitrogens is 1. The minimum atomic E-state index is 0.0283. The van der Waals surface area contributed by atoms with Crippen LogP contribution in [-0.4, -0.2) is 77.6 Å². The molecule has 0 bridgehead atoms. The first kappa shape index (κ1) is 16.1. The molecule has 1 saturated carbocycles. The summed E-state index contributed by atoms with van der Waals surface area (Å²) in [5, 5.41) is 4.01. The first-order valence-electron chi connectivity index (χ1n) is 9.32. The fourth-order valence-electron chi connectivity index (χ4n) is 4.14. The number of piperidine rings is 1. The standard InChI is InChI=1S/C18H28N4O2/c1-13-12-21(9-10-22(13)15-5-7-20(2)8-6-15)18(23)16-11-17(24-19-16)14-3-4-14/h11,13-15H,3-10,12H2,1-2H3/t13-/m1/s1. The molecule has 6 heteroatoms. The van der Waals surface area contributed by atoms with E-state index in [9.17, 15) is 4.79 Å². The highest BCUT2D eigenvalue weighted by Crippen LogP contribution is 2.40. The van der Waals surface area contributed by atoms with E-state index in [4.69, 9.17) is 4.52 Å². The monoisotopic (exact) mass is 332 g/mol. The van der Waals surface area contributed by atoms with Gasteiger partial charge in [-0.1, -0.05) is 5.16 Å². The molecule has 1 aromatic heterocycles. The molecule has 0 N–H and O–H groups in total.